The summed E-state index contributed by atoms with van der Waals surface area (Å²) in [5, 5.41) is 4.53. The minimum atomic E-state index is 0.146. The van der Waals surface area contributed by atoms with Crippen LogP contribution in [0.3, 0.4) is 0 Å². The van der Waals surface area contributed by atoms with E-state index in [-0.39, 0.29) is 5.92 Å². The van der Waals surface area contributed by atoms with E-state index in [1.165, 1.54) is 11.1 Å². The van der Waals surface area contributed by atoms with Crippen LogP contribution in [0.5, 0.6) is 0 Å². The summed E-state index contributed by atoms with van der Waals surface area (Å²) in [5.41, 5.74) is 4.83. The Labute approximate surface area is 126 Å². The average molecular weight is 282 g/mol. The normalized spacial score (nSPS) is 14.4. The highest BCUT2D eigenvalue weighted by atomic mass is 16.1. The van der Waals surface area contributed by atoms with Crippen molar-refractivity contribution in [3.8, 4) is 0 Å². The lowest BCUT2D eigenvalue weighted by Gasteiger charge is -2.09. The van der Waals surface area contributed by atoms with Crippen LogP contribution in [0.2, 0.25) is 0 Å². The number of carbonyl (C=O) groups excluding carboxylic acids is 1. The Kier molecular flexibility index (Phi) is 3.91. The van der Waals surface area contributed by atoms with Crippen LogP contribution in [0, 0.1) is 5.92 Å². The quantitative estimate of drug-likeness (QED) is 0.845. The van der Waals surface area contributed by atoms with Crippen molar-refractivity contribution in [1.82, 2.24) is 9.78 Å². The Hall–Kier alpha value is -1.90. The van der Waals surface area contributed by atoms with Gasteiger partial charge in [-0.3, -0.25) is 9.48 Å². The number of aromatic nitrogens is 2. The highest BCUT2D eigenvalue weighted by molar-refractivity contribution is 5.84. The summed E-state index contributed by atoms with van der Waals surface area (Å²) in [5.74, 6) is 0.496. The van der Waals surface area contributed by atoms with Crippen LogP contribution in [0.1, 0.15) is 36.4 Å². The van der Waals surface area contributed by atoms with E-state index in [9.17, 15) is 4.79 Å². The van der Waals surface area contributed by atoms with Crippen molar-refractivity contribution >= 4 is 5.78 Å². The Morgan fingerprint density at radius 1 is 1.24 bits per heavy atom. The van der Waals surface area contributed by atoms with E-state index in [0.717, 1.165) is 37.2 Å². The van der Waals surface area contributed by atoms with Gasteiger partial charge in [0.15, 0.2) is 0 Å². The van der Waals surface area contributed by atoms with Crippen molar-refractivity contribution < 1.29 is 4.79 Å². The molecule has 1 aliphatic rings. The highest BCUT2D eigenvalue weighted by Gasteiger charge is 2.27. The lowest BCUT2D eigenvalue weighted by atomic mass is 9.97. The molecule has 110 valence electrons. The van der Waals surface area contributed by atoms with E-state index >= 15 is 0 Å². The van der Waals surface area contributed by atoms with E-state index in [2.05, 4.69) is 49.3 Å². The molecule has 3 rings (SSSR count). The number of aryl methyl sites for hydroxylation is 2. The van der Waals surface area contributed by atoms with Crippen LogP contribution in [-0.4, -0.2) is 15.6 Å². The molecule has 0 saturated heterocycles. The lowest BCUT2D eigenvalue weighted by molar-refractivity contribution is -0.122. The second kappa shape index (κ2) is 5.84. The summed E-state index contributed by atoms with van der Waals surface area (Å²) in [7, 11) is 0. The molecule has 0 saturated carbocycles. The number of ketones is 1. The molecule has 0 bridgehead atoms. The molecular weight excluding hydrogens is 260 g/mol. The largest absolute Gasteiger partial charge is 0.299 e. The third-order valence-electron chi connectivity index (χ3n) is 4.44. The fourth-order valence-corrected chi connectivity index (χ4v) is 3.21. The van der Waals surface area contributed by atoms with Crippen molar-refractivity contribution in [3.05, 3.63) is 52.8 Å². The molecule has 0 atom stereocenters. The summed E-state index contributed by atoms with van der Waals surface area (Å²) < 4.78 is 1.97. The molecule has 3 heteroatoms. The molecule has 1 aliphatic carbocycles. The van der Waals surface area contributed by atoms with Crippen LogP contribution in [0.4, 0.5) is 0 Å². The third-order valence-corrected chi connectivity index (χ3v) is 4.44. The Morgan fingerprint density at radius 2 is 1.90 bits per heavy atom. The summed E-state index contributed by atoms with van der Waals surface area (Å²) >= 11 is 0. The zero-order valence-corrected chi connectivity index (χ0v) is 12.8. The van der Waals surface area contributed by atoms with Gasteiger partial charge in [-0.05, 0) is 43.4 Å². The van der Waals surface area contributed by atoms with Crippen LogP contribution >= 0.6 is 0 Å². The van der Waals surface area contributed by atoms with Gasteiger partial charge in [0.2, 0.25) is 0 Å². The Balaban J connectivity index is 1.72. The van der Waals surface area contributed by atoms with Gasteiger partial charge in [0.05, 0.1) is 5.69 Å². The van der Waals surface area contributed by atoms with E-state index in [4.69, 9.17) is 0 Å². The second-order valence-electron chi connectivity index (χ2n) is 5.81. The predicted octanol–water partition coefficient (Wildman–Crippen LogP) is 2.99. The van der Waals surface area contributed by atoms with Crippen LogP contribution in [0.25, 0.3) is 0 Å². The number of fused-ring (bicyclic) bond motifs is 1. The maximum atomic E-state index is 12.6. The van der Waals surface area contributed by atoms with Gasteiger partial charge < -0.3 is 0 Å². The summed E-state index contributed by atoms with van der Waals surface area (Å²) in [4.78, 5) is 12.6. The average Bonchev–Trinajstić information content (AvgIpc) is 3.10. The van der Waals surface area contributed by atoms with Gasteiger partial charge in [-0.25, -0.2) is 0 Å². The van der Waals surface area contributed by atoms with Gasteiger partial charge in [-0.2, -0.15) is 5.10 Å². The van der Waals surface area contributed by atoms with Crippen LogP contribution < -0.4 is 0 Å². The Morgan fingerprint density at radius 3 is 2.48 bits per heavy atom. The summed E-state index contributed by atoms with van der Waals surface area (Å²) in [6.07, 6.45) is 3.23. The molecule has 0 N–H and O–H groups in total. The molecule has 0 aliphatic heterocycles. The van der Waals surface area contributed by atoms with E-state index in [1.54, 1.807) is 0 Å². The minimum absolute atomic E-state index is 0.146. The monoisotopic (exact) mass is 282 g/mol. The molecule has 0 fully saturated rings. The number of hydrogen-bond acceptors (Lipinski definition) is 2. The van der Waals surface area contributed by atoms with Gasteiger partial charge in [-0.15, -0.1) is 0 Å². The molecule has 0 amide bonds. The third kappa shape index (κ3) is 2.78. The molecule has 2 aromatic rings. The first-order valence-electron chi connectivity index (χ1n) is 7.86. The second-order valence-corrected chi connectivity index (χ2v) is 5.81. The molecule has 1 heterocycles. The van der Waals surface area contributed by atoms with Crippen molar-refractivity contribution in [3.63, 3.8) is 0 Å². The zero-order chi connectivity index (χ0) is 14.8. The SMILES string of the molecule is CCc1cc(CC(=O)C2Cc3ccccc3C2)n(CC)n1. The minimum Gasteiger partial charge on any atom is -0.299 e. The lowest BCUT2D eigenvalue weighted by Crippen LogP contribution is -2.19. The molecule has 21 heavy (non-hydrogen) atoms. The predicted molar refractivity (Wildman–Crippen MR) is 83.3 cm³/mol. The van der Waals surface area contributed by atoms with Gasteiger partial charge >= 0.3 is 0 Å². The summed E-state index contributed by atoms with van der Waals surface area (Å²) in [6, 6.07) is 10.5. The Bertz CT molecular complexity index is 632. The number of Topliss-reactive ketones (excluding diaryl/α,β-unsaturated/α-hetero) is 1. The van der Waals surface area contributed by atoms with Crippen LogP contribution in [-0.2, 0) is 37.0 Å². The van der Waals surface area contributed by atoms with Crippen LogP contribution in [0.15, 0.2) is 30.3 Å². The van der Waals surface area contributed by atoms with E-state index < -0.39 is 0 Å². The molecule has 1 aromatic heterocycles. The molecule has 0 unspecified atom stereocenters. The van der Waals surface area contributed by atoms with E-state index in [0.29, 0.717) is 12.2 Å². The molecule has 1 aromatic carbocycles. The fourth-order valence-electron chi connectivity index (χ4n) is 3.21. The van der Waals surface area contributed by atoms with Crippen molar-refractivity contribution in [1.29, 1.82) is 0 Å². The molecule has 3 nitrogen and oxygen atoms in total. The van der Waals surface area contributed by atoms with Crippen molar-refractivity contribution in [2.75, 3.05) is 0 Å². The first-order valence-corrected chi connectivity index (χ1v) is 7.86. The zero-order valence-electron chi connectivity index (χ0n) is 12.8. The number of benzene rings is 1. The van der Waals surface area contributed by atoms with Gasteiger partial charge in [0, 0.05) is 24.6 Å². The smallest absolute Gasteiger partial charge is 0.142 e. The van der Waals surface area contributed by atoms with Gasteiger partial charge in [-0.1, -0.05) is 31.2 Å². The molecular formula is C18H22N2O. The first-order chi connectivity index (χ1) is 10.2. The summed E-state index contributed by atoms with van der Waals surface area (Å²) in [6.45, 7) is 5.00. The topological polar surface area (TPSA) is 34.9 Å². The maximum Gasteiger partial charge on any atom is 0.142 e. The fraction of sp³-hybridized carbons (Fsp3) is 0.444. The van der Waals surface area contributed by atoms with Crippen molar-refractivity contribution in [2.45, 2.75) is 46.1 Å². The number of carbonyl (C=O) groups is 1. The van der Waals surface area contributed by atoms with Gasteiger partial charge in [0.25, 0.3) is 0 Å². The first kappa shape index (κ1) is 14.1. The molecule has 0 spiro atoms. The van der Waals surface area contributed by atoms with Gasteiger partial charge in [0.1, 0.15) is 5.78 Å². The molecule has 0 radical (unpaired) electrons. The number of rotatable bonds is 5. The highest BCUT2D eigenvalue weighted by Crippen LogP contribution is 2.28. The standard InChI is InChI=1S/C18H22N2O/c1-3-16-11-17(20(4-2)19-16)12-18(21)15-9-13-7-5-6-8-14(13)10-15/h5-8,11,15H,3-4,9-10,12H2,1-2H3. The number of nitrogens with zero attached hydrogens (tertiary/aromatic N) is 2. The van der Waals surface area contributed by atoms with Crippen molar-refractivity contribution in [2.24, 2.45) is 5.92 Å². The van der Waals surface area contributed by atoms with E-state index in [1.807, 2.05) is 4.68 Å². The number of hydrogen-bond donors (Lipinski definition) is 0. The maximum absolute atomic E-state index is 12.6.